The Labute approximate surface area is 197 Å². The third-order valence-corrected chi connectivity index (χ3v) is 6.05. The number of pyridine rings is 1. The molecule has 1 fully saturated rings. The molecule has 8 heteroatoms. The monoisotopic (exact) mass is 457 g/mol. The molecule has 1 amide bonds. The van der Waals surface area contributed by atoms with Gasteiger partial charge in [0, 0.05) is 51.0 Å². The summed E-state index contributed by atoms with van der Waals surface area (Å²) in [7, 11) is 3.93. The first-order chi connectivity index (χ1) is 16.5. The van der Waals surface area contributed by atoms with Crippen LogP contribution in [0.15, 0.2) is 71.8 Å². The second-order valence-corrected chi connectivity index (χ2v) is 8.71. The van der Waals surface area contributed by atoms with Gasteiger partial charge in [0.2, 0.25) is 0 Å². The van der Waals surface area contributed by atoms with Crippen LogP contribution in [0.1, 0.15) is 23.2 Å². The highest BCUT2D eigenvalue weighted by Crippen LogP contribution is 2.25. The Bertz CT molecular complexity index is 1320. The topological polar surface area (TPSA) is 81.4 Å². The van der Waals surface area contributed by atoms with E-state index < -0.39 is 0 Å². The van der Waals surface area contributed by atoms with Crippen molar-refractivity contribution < 1.29 is 9.53 Å². The van der Waals surface area contributed by atoms with Gasteiger partial charge in [0.15, 0.2) is 0 Å². The van der Waals surface area contributed by atoms with Crippen LogP contribution in [0.4, 0.5) is 11.4 Å². The average Bonchev–Trinajstić information content (AvgIpc) is 3.47. The Morgan fingerprint density at radius 3 is 2.56 bits per heavy atom. The fraction of sp³-hybridized carbons (Fsp3) is 0.269. The van der Waals surface area contributed by atoms with Crippen molar-refractivity contribution in [3.8, 4) is 16.9 Å². The Morgan fingerprint density at radius 2 is 1.88 bits per heavy atom. The highest BCUT2D eigenvalue weighted by atomic mass is 16.5. The number of carbonyl (C=O) groups excluding carboxylic acids is 1. The molecule has 0 unspecified atom stereocenters. The van der Waals surface area contributed by atoms with Crippen molar-refractivity contribution in [2.24, 2.45) is 0 Å². The third kappa shape index (κ3) is 4.32. The predicted molar refractivity (Wildman–Crippen MR) is 132 cm³/mol. The molecule has 34 heavy (non-hydrogen) atoms. The summed E-state index contributed by atoms with van der Waals surface area (Å²) in [6, 6.07) is 16.8. The molecule has 8 nitrogen and oxygen atoms in total. The minimum atomic E-state index is -0.318. The molecule has 3 heterocycles. The quantitative estimate of drug-likeness (QED) is 0.478. The molecule has 3 aliphatic heterocycles. The summed E-state index contributed by atoms with van der Waals surface area (Å²) in [5.41, 5.74) is 3.22. The molecule has 0 bridgehead atoms. The van der Waals surface area contributed by atoms with Crippen LogP contribution in [0.2, 0.25) is 0 Å². The smallest absolute Gasteiger partial charge is 0.282 e. The molecule has 0 saturated carbocycles. The van der Waals surface area contributed by atoms with E-state index in [0.717, 1.165) is 25.1 Å². The van der Waals surface area contributed by atoms with E-state index in [0.29, 0.717) is 34.7 Å². The summed E-state index contributed by atoms with van der Waals surface area (Å²) in [6.45, 7) is 1.31. The lowest BCUT2D eigenvalue weighted by Crippen LogP contribution is -2.21. The second-order valence-electron chi connectivity index (χ2n) is 8.71. The number of carbonyl (C=O) groups is 1. The molecule has 1 N–H and O–H groups in total. The highest BCUT2D eigenvalue weighted by Gasteiger charge is 2.26. The van der Waals surface area contributed by atoms with Crippen molar-refractivity contribution in [1.82, 2.24) is 14.3 Å². The summed E-state index contributed by atoms with van der Waals surface area (Å²) in [6.07, 6.45) is 5.57. The summed E-state index contributed by atoms with van der Waals surface area (Å²) < 4.78 is 9.00. The maximum absolute atomic E-state index is 13.4. The first-order valence-corrected chi connectivity index (χ1v) is 11.4. The van der Waals surface area contributed by atoms with Crippen molar-refractivity contribution >= 4 is 17.3 Å². The number of ether oxygens (including phenoxy) is 1. The molecule has 2 aromatic rings. The second kappa shape index (κ2) is 9.15. The minimum absolute atomic E-state index is 0.0659. The molecule has 0 spiro atoms. The molecule has 2 aromatic carbocycles. The van der Waals surface area contributed by atoms with E-state index in [-0.39, 0.29) is 17.6 Å². The van der Waals surface area contributed by atoms with Crippen molar-refractivity contribution in [3.63, 3.8) is 0 Å². The van der Waals surface area contributed by atoms with Crippen molar-refractivity contribution in [3.05, 3.63) is 82.9 Å². The van der Waals surface area contributed by atoms with Gasteiger partial charge in [0.1, 0.15) is 5.69 Å². The van der Waals surface area contributed by atoms with E-state index in [1.54, 1.807) is 12.4 Å². The number of aromatic nitrogens is 3. The van der Waals surface area contributed by atoms with Gasteiger partial charge in [-0.3, -0.25) is 9.59 Å². The molecular weight excluding hydrogens is 430 g/mol. The molecule has 0 aliphatic carbocycles. The van der Waals surface area contributed by atoms with Gasteiger partial charge in [-0.25, -0.2) is 0 Å². The van der Waals surface area contributed by atoms with Crippen molar-refractivity contribution in [1.29, 1.82) is 0 Å². The van der Waals surface area contributed by atoms with E-state index in [1.165, 1.54) is 4.68 Å². The number of benzene rings is 2. The fourth-order valence-corrected chi connectivity index (χ4v) is 4.24. The zero-order chi connectivity index (χ0) is 23.7. The molecule has 0 aromatic heterocycles. The molecular formula is C26H27N5O3. The molecule has 5 rings (SSSR count). The standard InChI is InChI=1S/C26H27N5O3/c1-29(2)19-12-10-18(11-13-19)27-25(32)22-16-30(15-21-9-6-14-34-21)17-23-24(22)28-31(26(23)33)20-7-4-3-5-8-20/h3-5,7-8,10-13,16-17,21H,6,9,14-15H2,1-2H3,(H,27,32)/t21-/m0/s1. The maximum Gasteiger partial charge on any atom is 0.282 e. The van der Waals surface area contributed by atoms with Gasteiger partial charge in [0.05, 0.1) is 22.9 Å². The summed E-state index contributed by atoms with van der Waals surface area (Å²) >= 11 is 0. The van der Waals surface area contributed by atoms with Crippen LogP contribution in [0, 0.1) is 0 Å². The number of nitrogens with one attached hydrogen (secondary N) is 1. The Hall–Kier alpha value is -3.91. The van der Waals surface area contributed by atoms with Gasteiger partial charge in [0.25, 0.3) is 11.5 Å². The zero-order valence-corrected chi connectivity index (χ0v) is 19.3. The van der Waals surface area contributed by atoms with Gasteiger partial charge in [-0.05, 0) is 49.2 Å². The van der Waals surface area contributed by atoms with Crippen LogP contribution in [0.5, 0.6) is 0 Å². The predicted octanol–water partition coefficient (Wildman–Crippen LogP) is 3.64. The van der Waals surface area contributed by atoms with Crippen LogP contribution in [0.3, 0.4) is 0 Å². The number of rotatable bonds is 6. The number of fused-ring (bicyclic) bond motifs is 1. The lowest BCUT2D eigenvalue weighted by atomic mass is 10.1. The number of para-hydroxylation sites is 1. The normalized spacial score (nSPS) is 15.5. The lowest BCUT2D eigenvalue weighted by molar-refractivity contribution is 0.0961. The van der Waals surface area contributed by atoms with Crippen LogP contribution in [-0.4, -0.2) is 47.1 Å². The number of nitrogens with zero attached hydrogens (tertiary/aromatic N) is 4. The van der Waals surface area contributed by atoms with Gasteiger partial charge in [-0.1, -0.05) is 18.2 Å². The Kier molecular flexibility index (Phi) is 5.90. The van der Waals surface area contributed by atoms with Crippen molar-refractivity contribution in [2.75, 3.05) is 30.9 Å². The van der Waals surface area contributed by atoms with E-state index in [4.69, 9.17) is 4.74 Å². The third-order valence-electron chi connectivity index (χ3n) is 6.05. The lowest BCUT2D eigenvalue weighted by Gasteiger charge is -2.16. The van der Waals surface area contributed by atoms with E-state index in [2.05, 4.69) is 10.4 Å². The molecule has 1 atom stereocenters. The van der Waals surface area contributed by atoms with Gasteiger partial charge >= 0.3 is 0 Å². The number of amides is 1. The number of hydrogen-bond acceptors (Lipinski definition) is 5. The average molecular weight is 458 g/mol. The summed E-state index contributed by atoms with van der Waals surface area (Å²) in [5.74, 6) is -0.318. The minimum Gasteiger partial charge on any atom is -0.378 e. The van der Waals surface area contributed by atoms with Crippen LogP contribution in [-0.2, 0) is 11.3 Å². The summed E-state index contributed by atoms with van der Waals surface area (Å²) in [5, 5.41) is 7.50. The maximum atomic E-state index is 13.4. The number of hydrogen-bond donors (Lipinski definition) is 1. The van der Waals surface area contributed by atoms with Crippen LogP contribution < -0.4 is 15.8 Å². The first kappa shape index (κ1) is 21.9. The Balaban J connectivity index is 1.55. The summed E-state index contributed by atoms with van der Waals surface area (Å²) in [4.78, 5) is 28.6. The fourth-order valence-electron chi connectivity index (χ4n) is 4.24. The number of anilines is 2. The molecule has 0 radical (unpaired) electrons. The van der Waals surface area contributed by atoms with Gasteiger partial charge in [-0.2, -0.15) is 9.78 Å². The largest absolute Gasteiger partial charge is 0.378 e. The first-order valence-electron chi connectivity index (χ1n) is 11.4. The zero-order valence-electron chi connectivity index (χ0n) is 19.3. The van der Waals surface area contributed by atoms with Gasteiger partial charge in [-0.15, -0.1) is 0 Å². The van der Waals surface area contributed by atoms with E-state index >= 15 is 0 Å². The van der Waals surface area contributed by atoms with Gasteiger partial charge < -0.3 is 19.5 Å². The Morgan fingerprint density at radius 1 is 1.12 bits per heavy atom. The SMILES string of the molecule is CN(C)c1ccc(NC(=O)c2cn(C[C@@H]3CCCO3)cc3c(=O)n(-c4ccccc4)nc2-3)cc1. The van der Waals surface area contributed by atoms with Crippen LogP contribution in [0.25, 0.3) is 16.9 Å². The van der Waals surface area contributed by atoms with Crippen molar-refractivity contribution in [2.45, 2.75) is 25.5 Å². The molecule has 174 valence electrons. The van der Waals surface area contributed by atoms with Crippen LogP contribution >= 0.6 is 0 Å². The molecule has 1 saturated heterocycles. The van der Waals surface area contributed by atoms with E-state index in [9.17, 15) is 9.59 Å². The molecule has 3 aliphatic rings. The van der Waals surface area contributed by atoms with E-state index in [1.807, 2.05) is 78.2 Å². The highest BCUT2D eigenvalue weighted by molar-refractivity contribution is 6.08.